The van der Waals surface area contributed by atoms with Crippen LogP contribution in [0.4, 0.5) is 0 Å². The Morgan fingerprint density at radius 1 is 0.806 bits per heavy atom. The van der Waals surface area contributed by atoms with Crippen molar-refractivity contribution >= 4 is 22.8 Å². The Balaban J connectivity index is 1.30. The summed E-state index contributed by atoms with van der Waals surface area (Å²) in [6, 6.07) is 29.3. The molecule has 1 aromatic heterocycles. The van der Waals surface area contributed by atoms with Crippen LogP contribution in [0.15, 0.2) is 103 Å². The van der Waals surface area contributed by atoms with Gasteiger partial charge in [0.1, 0.15) is 5.75 Å². The molecule has 0 unspecified atom stereocenters. The van der Waals surface area contributed by atoms with E-state index in [9.17, 15) is 19.8 Å². The fourth-order valence-corrected chi connectivity index (χ4v) is 4.34. The van der Waals surface area contributed by atoms with Gasteiger partial charge in [0, 0.05) is 35.8 Å². The van der Waals surface area contributed by atoms with Crippen molar-refractivity contribution in [3.8, 4) is 16.9 Å². The number of benzene rings is 4. The number of nitrogens with one attached hydrogen (secondary N) is 1. The first-order valence-electron chi connectivity index (χ1n) is 11.5. The zero-order valence-corrected chi connectivity index (χ0v) is 19.4. The lowest BCUT2D eigenvalue weighted by Crippen LogP contribution is -2.22. The van der Waals surface area contributed by atoms with Crippen LogP contribution >= 0.6 is 0 Å². The van der Waals surface area contributed by atoms with E-state index in [1.165, 1.54) is 0 Å². The molecule has 6 nitrogen and oxygen atoms in total. The Morgan fingerprint density at radius 3 is 2.39 bits per heavy atom. The predicted octanol–water partition coefficient (Wildman–Crippen LogP) is 5.69. The Bertz CT molecular complexity index is 1570. The fraction of sp³-hybridized carbons (Fsp3) is 0.0667. The molecule has 6 heteroatoms. The molecular weight excluding hydrogens is 452 g/mol. The second-order valence-electron chi connectivity index (χ2n) is 8.62. The molecule has 0 radical (unpaired) electrons. The van der Waals surface area contributed by atoms with Gasteiger partial charge in [-0.1, -0.05) is 54.6 Å². The van der Waals surface area contributed by atoms with E-state index in [4.69, 9.17) is 0 Å². The third-order valence-corrected chi connectivity index (χ3v) is 6.17. The molecule has 0 bridgehead atoms. The number of carbonyl (C=O) groups is 2. The Kier molecular flexibility index (Phi) is 6.24. The summed E-state index contributed by atoms with van der Waals surface area (Å²) in [4.78, 5) is 24.2. The van der Waals surface area contributed by atoms with Gasteiger partial charge in [0.15, 0.2) is 0 Å². The number of carboxylic acids is 1. The van der Waals surface area contributed by atoms with Gasteiger partial charge in [-0.2, -0.15) is 0 Å². The van der Waals surface area contributed by atoms with Crippen LogP contribution < -0.4 is 5.32 Å². The first-order chi connectivity index (χ1) is 17.5. The molecule has 0 fully saturated rings. The SMILES string of the molecule is O=C(NCc1cccc(O)c1)c1ccc2c(ccn2Cc2ccc(-c3ccccc3C(=O)O)cc2)c1. The summed E-state index contributed by atoms with van der Waals surface area (Å²) in [5.41, 5.74) is 5.32. The molecule has 0 aliphatic heterocycles. The van der Waals surface area contributed by atoms with Crippen LogP contribution in [0.2, 0.25) is 0 Å². The van der Waals surface area contributed by atoms with Gasteiger partial charge in [-0.25, -0.2) is 4.79 Å². The van der Waals surface area contributed by atoms with Crippen LogP contribution in [0.3, 0.4) is 0 Å². The van der Waals surface area contributed by atoms with Crippen molar-refractivity contribution < 1.29 is 19.8 Å². The van der Waals surface area contributed by atoms with Crippen molar-refractivity contribution in [1.82, 2.24) is 9.88 Å². The second-order valence-corrected chi connectivity index (χ2v) is 8.62. The first-order valence-corrected chi connectivity index (χ1v) is 11.5. The highest BCUT2D eigenvalue weighted by atomic mass is 16.4. The van der Waals surface area contributed by atoms with Crippen molar-refractivity contribution in [3.05, 3.63) is 126 Å². The molecule has 1 heterocycles. The van der Waals surface area contributed by atoms with Gasteiger partial charge < -0.3 is 20.1 Å². The third kappa shape index (κ3) is 4.83. The van der Waals surface area contributed by atoms with E-state index in [0.29, 0.717) is 24.2 Å². The van der Waals surface area contributed by atoms with Crippen LogP contribution in [0.5, 0.6) is 5.75 Å². The number of rotatable bonds is 7. The summed E-state index contributed by atoms with van der Waals surface area (Å²) in [7, 11) is 0. The summed E-state index contributed by atoms with van der Waals surface area (Å²) in [5, 5.41) is 22.9. The summed E-state index contributed by atoms with van der Waals surface area (Å²) < 4.78 is 2.12. The highest BCUT2D eigenvalue weighted by molar-refractivity contribution is 5.98. The van der Waals surface area contributed by atoms with Crippen LogP contribution in [-0.4, -0.2) is 26.7 Å². The van der Waals surface area contributed by atoms with E-state index in [1.54, 1.807) is 30.3 Å². The quantitative estimate of drug-likeness (QED) is 0.281. The minimum Gasteiger partial charge on any atom is -0.508 e. The van der Waals surface area contributed by atoms with Gasteiger partial charge in [-0.3, -0.25) is 4.79 Å². The molecular formula is C30H24N2O4. The minimum absolute atomic E-state index is 0.171. The zero-order valence-electron chi connectivity index (χ0n) is 19.4. The van der Waals surface area contributed by atoms with Gasteiger partial charge in [0.2, 0.25) is 0 Å². The summed E-state index contributed by atoms with van der Waals surface area (Å²) >= 11 is 0. The number of carboxylic acid groups (broad SMARTS) is 1. The second kappa shape index (κ2) is 9.80. The number of hydrogen-bond acceptors (Lipinski definition) is 3. The van der Waals surface area contributed by atoms with Crippen LogP contribution in [0, 0.1) is 0 Å². The maximum atomic E-state index is 12.6. The van der Waals surface area contributed by atoms with Crippen molar-refractivity contribution in [3.63, 3.8) is 0 Å². The average molecular weight is 477 g/mol. The topological polar surface area (TPSA) is 91.6 Å². The molecule has 0 atom stereocenters. The van der Waals surface area contributed by atoms with E-state index < -0.39 is 5.97 Å². The lowest BCUT2D eigenvalue weighted by molar-refractivity contribution is 0.0697. The molecule has 0 aliphatic rings. The number of phenolic OH excluding ortho intramolecular Hbond substituents is 1. The molecule has 36 heavy (non-hydrogen) atoms. The summed E-state index contributed by atoms with van der Waals surface area (Å²) in [5.74, 6) is -0.949. The number of aromatic carboxylic acids is 1. The van der Waals surface area contributed by atoms with Crippen LogP contribution in [-0.2, 0) is 13.1 Å². The molecule has 5 aromatic rings. The largest absolute Gasteiger partial charge is 0.508 e. The molecule has 0 saturated carbocycles. The highest BCUT2D eigenvalue weighted by Crippen LogP contribution is 2.25. The minimum atomic E-state index is -0.944. The monoisotopic (exact) mass is 476 g/mol. The maximum absolute atomic E-state index is 12.6. The first kappa shape index (κ1) is 22.9. The predicted molar refractivity (Wildman–Crippen MR) is 139 cm³/mol. The van der Waals surface area contributed by atoms with E-state index in [0.717, 1.165) is 27.6 Å². The Morgan fingerprint density at radius 2 is 1.61 bits per heavy atom. The van der Waals surface area contributed by atoms with Crippen LogP contribution in [0.25, 0.3) is 22.0 Å². The van der Waals surface area contributed by atoms with Gasteiger partial charge in [0.05, 0.1) is 5.56 Å². The molecule has 0 saturated heterocycles. The van der Waals surface area contributed by atoms with E-state index in [1.807, 2.05) is 72.9 Å². The average Bonchev–Trinajstić information content (AvgIpc) is 3.29. The number of nitrogens with zero attached hydrogens (tertiary/aromatic N) is 1. The number of carbonyl (C=O) groups excluding carboxylic acids is 1. The van der Waals surface area contributed by atoms with E-state index >= 15 is 0 Å². The Hall–Kier alpha value is -4.84. The van der Waals surface area contributed by atoms with Gasteiger partial charge >= 0.3 is 5.97 Å². The number of aromatic nitrogens is 1. The highest BCUT2D eigenvalue weighted by Gasteiger charge is 2.12. The van der Waals surface area contributed by atoms with Crippen molar-refractivity contribution in [2.45, 2.75) is 13.1 Å². The zero-order chi connectivity index (χ0) is 25.1. The molecule has 178 valence electrons. The number of fused-ring (bicyclic) bond motifs is 1. The van der Waals surface area contributed by atoms with E-state index in [2.05, 4.69) is 9.88 Å². The molecule has 0 aliphatic carbocycles. The number of aromatic hydroxyl groups is 1. The maximum Gasteiger partial charge on any atom is 0.336 e. The molecule has 5 rings (SSSR count). The Labute approximate surface area is 208 Å². The van der Waals surface area contributed by atoms with E-state index in [-0.39, 0.29) is 17.2 Å². The van der Waals surface area contributed by atoms with Crippen LogP contribution in [0.1, 0.15) is 31.8 Å². The normalized spacial score (nSPS) is 10.9. The number of hydrogen-bond donors (Lipinski definition) is 3. The molecule has 0 spiro atoms. The van der Waals surface area contributed by atoms with Gasteiger partial charge in [0.25, 0.3) is 5.91 Å². The fourth-order valence-electron chi connectivity index (χ4n) is 4.34. The third-order valence-electron chi connectivity index (χ3n) is 6.17. The lowest BCUT2D eigenvalue weighted by Gasteiger charge is -2.10. The molecule has 4 aromatic carbocycles. The summed E-state index contributed by atoms with van der Waals surface area (Å²) in [6.45, 7) is 0.979. The van der Waals surface area contributed by atoms with Crippen molar-refractivity contribution in [2.24, 2.45) is 0 Å². The number of phenols is 1. The number of amides is 1. The standard InChI is InChI=1S/C30H24N2O4/c33-25-5-3-4-21(16-25)18-31-29(34)24-12-13-28-23(17-24)14-15-32(28)19-20-8-10-22(11-9-20)26-6-1-2-7-27(26)30(35)36/h1-17,33H,18-19H2,(H,31,34)(H,35,36). The van der Waals surface area contributed by atoms with Crippen molar-refractivity contribution in [1.29, 1.82) is 0 Å². The molecule has 3 N–H and O–H groups in total. The van der Waals surface area contributed by atoms with Gasteiger partial charge in [-0.15, -0.1) is 0 Å². The molecule has 1 amide bonds. The van der Waals surface area contributed by atoms with Crippen molar-refractivity contribution in [2.75, 3.05) is 0 Å². The smallest absolute Gasteiger partial charge is 0.336 e. The summed E-state index contributed by atoms with van der Waals surface area (Å²) in [6.07, 6.45) is 1.99. The van der Waals surface area contributed by atoms with Gasteiger partial charge in [-0.05, 0) is 64.7 Å². The lowest BCUT2D eigenvalue weighted by atomic mass is 9.99.